The average Bonchev–Trinajstić information content (AvgIpc) is 3.63. The van der Waals surface area contributed by atoms with Crippen LogP contribution < -0.4 is 5.19 Å². The summed E-state index contributed by atoms with van der Waals surface area (Å²) in [7, 11) is -1.40. The Balaban J connectivity index is 0.000000175. The number of hydrogen-bond donors (Lipinski definition) is 0. The summed E-state index contributed by atoms with van der Waals surface area (Å²) in [6, 6.07) is 62.0. The quantitative estimate of drug-likeness (QED) is 0.118. The molecule has 0 aliphatic rings. The SMILES string of the molecule is CC(C)c1cc(-c2[c-]ccc(-c3ccccc3)c2)ncc1[Si](C)(C)C.[Ir].[c-]1ccc2c(sc3cc(-c4ccccc4)ccc32)c1-c1cc(-c2ccccc2)ccn1. The number of rotatable bonds is 7. The maximum absolute atomic E-state index is 4.80. The molecule has 5 heteroatoms. The first-order valence-electron chi connectivity index (χ1n) is 19.2. The van der Waals surface area contributed by atoms with Gasteiger partial charge in [0.05, 0.1) is 8.07 Å². The van der Waals surface area contributed by atoms with E-state index in [1.54, 1.807) is 0 Å². The van der Waals surface area contributed by atoms with Crippen LogP contribution in [-0.4, -0.2) is 18.0 Å². The van der Waals surface area contributed by atoms with Crippen LogP contribution in [0.3, 0.4) is 0 Å². The smallest absolute Gasteiger partial charge is 0.0799 e. The molecule has 9 aromatic rings. The summed E-state index contributed by atoms with van der Waals surface area (Å²) in [6.45, 7) is 11.7. The van der Waals surface area contributed by atoms with E-state index in [1.165, 1.54) is 64.3 Å². The third-order valence-electron chi connectivity index (χ3n) is 10.2. The van der Waals surface area contributed by atoms with E-state index in [-0.39, 0.29) is 20.1 Å². The van der Waals surface area contributed by atoms with Crippen molar-refractivity contribution in [3.63, 3.8) is 0 Å². The van der Waals surface area contributed by atoms with E-state index in [0.717, 1.165) is 22.5 Å². The second-order valence-electron chi connectivity index (χ2n) is 15.5. The van der Waals surface area contributed by atoms with Crippen molar-refractivity contribution in [1.82, 2.24) is 9.97 Å². The van der Waals surface area contributed by atoms with Gasteiger partial charge in [-0.05, 0) is 72.5 Å². The molecule has 0 spiro atoms. The van der Waals surface area contributed by atoms with Crippen molar-refractivity contribution in [2.24, 2.45) is 0 Å². The average molecular weight is 949 g/mol. The predicted octanol–water partition coefficient (Wildman–Crippen LogP) is 14.1. The molecule has 57 heavy (non-hydrogen) atoms. The Hall–Kier alpha value is -5.29. The third kappa shape index (κ3) is 8.83. The van der Waals surface area contributed by atoms with Gasteiger partial charge in [0.25, 0.3) is 0 Å². The van der Waals surface area contributed by atoms with Gasteiger partial charge in [-0.15, -0.1) is 59.2 Å². The molecule has 1 radical (unpaired) electrons. The third-order valence-corrected chi connectivity index (χ3v) is 13.4. The van der Waals surface area contributed by atoms with Crippen LogP contribution in [0.15, 0.2) is 170 Å². The molecule has 0 saturated heterocycles. The Morgan fingerprint density at radius 2 is 1.14 bits per heavy atom. The Morgan fingerprint density at radius 3 is 1.75 bits per heavy atom. The van der Waals surface area contributed by atoms with Crippen molar-refractivity contribution in [3.05, 3.63) is 188 Å². The zero-order valence-corrected chi connectivity index (χ0v) is 37.1. The van der Waals surface area contributed by atoms with Gasteiger partial charge in [-0.3, -0.25) is 0 Å². The molecule has 0 fully saturated rings. The number of nitrogens with zero attached hydrogens (tertiary/aromatic N) is 2. The molecular formula is C52H44IrN2SSi-2. The van der Waals surface area contributed by atoms with Gasteiger partial charge in [0.1, 0.15) is 0 Å². The number of pyridine rings is 2. The molecule has 0 amide bonds. The normalized spacial score (nSPS) is 11.3. The van der Waals surface area contributed by atoms with Crippen LogP contribution >= 0.6 is 11.3 Å². The first kappa shape index (κ1) is 39.9. The van der Waals surface area contributed by atoms with E-state index >= 15 is 0 Å². The van der Waals surface area contributed by atoms with Gasteiger partial charge < -0.3 is 9.97 Å². The van der Waals surface area contributed by atoms with Crippen molar-refractivity contribution in [2.45, 2.75) is 39.4 Å². The molecule has 6 aromatic carbocycles. The predicted molar refractivity (Wildman–Crippen MR) is 243 cm³/mol. The molecule has 3 aromatic heterocycles. The molecule has 0 N–H and O–H groups in total. The van der Waals surface area contributed by atoms with Gasteiger partial charge in [-0.1, -0.05) is 160 Å². The minimum atomic E-state index is -1.40. The minimum Gasteiger partial charge on any atom is -0.305 e. The first-order chi connectivity index (χ1) is 27.2. The molecule has 0 aliphatic carbocycles. The van der Waals surface area contributed by atoms with Crippen LogP contribution in [0.25, 0.3) is 76.1 Å². The summed E-state index contributed by atoms with van der Waals surface area (Å²) in [5.41, 5.74) is 12.8. The van der Waals surface area contributed by atoms with E-state index in [2.05, 4.69) is 185 Å². The fourth-order valence-electron chi connectivity index (χ4n) is 7.27. The van der Waals surface area contributed by atoms with Gasteiger partial charge in [0, 0.05) is 37.2 Å². The van der Waals surface area contributed by atoms with Crippen molar-refractivity contribution in [3.8, 4) is 55.9 Å². The van der Waals surface area contributed by atoms with Gasteiger partial charge in [0.2, 0.25) is 0 Å². The van der Waals surface area contributed by atoms with E-state index in [0.29, 0.717) is 5.92 Å². The number of benzene rings is 6. The fourth-order valence-corrected chi connectivity index (χ4v) is 10.2. The topological polar surface area (TPSA) is 25.8 Å². The largest absolute Gasteiger partial charge is 0.305 e. The zero-order valence-electron chi connectivity index (χ0n) is 32.9. The van der Waals surface area contributed by atoms with Crippen LogP contribution in [0, 0.1) is 12.1 Å². The Kier molecular flexibility index (Phi) is 12.2. The molecular weight excluding hydrogens is 905 g/mol. The van der Waals surface area contributed by atoms with Gasteiger partial charge in [-0.2, -0.15) is 11.3 Å². The van der Waals surface area contributed by atoms with Crippen molar-refractivity contribution >= 4 is 44.8 Å². The van der Waals surface area contributed by atoms with Crippen LogP contribution in [0.4, 0.5) is 0 Å². The molecule has 9 rings (SSSR count). The van der Waals surface area contributed by atoms with E-state index in [9.17, 15) is 0 Å². The number of hydrogen-bond acceptors (Lipinski definition) is 3. The monoisotopic (exact) mass is 949 g/mol. The molecule has 0 saturated carbocycles. The van der Waals surface area contributed by atoms with E-state index < -0.39 is 8.07 Å². The molecule has 0 atom stereocenters. The number of thiophene rings is 1. The molecule has 0 aliphatic heterocycles. The Bertz CT molecular complexity index is 2760. The van der Waals surface area contributed by atoms with Crippen LogP contribution in [0.2, 0.25) is 19.6 Å². The van der Waals surface area contributed by atoms with Crippen LogP contribution in [0.1, 0.15) is 25.3 Å². The molecule has 2 nitrogen and oxygen atoms in total. The molecule has 3 heterocycles. The summed E-state index contributed by atoms with van der Waals surface area (Å²) < 4.78 is 2.52. The summed E-state index contributed by atoms with van der Waals surface area (Å²) in [6.07, 6.45) is 4.01. The fraction of sp³-hybridized carbons (Fsp3) is 0.115. The maximum Gasteiger partial charge on any atom is 0.0799 e. The van der Waals surface area contributed by atoms with Crippen molar-refractivity contribution in [2.75, 3.05) is 0 Å². The zero-order chi connectivity index (χ0) is 38.6. The van der Waals surface area contributed by atoms with Crippen LogP contribution in [0.5, 0.6) is 0 Å². The Morgan fingerprint density at radius 1 is 0.544 bits per heavy atom. The molecule has 0 bridgehead atoms. The second-order valence-corrected chi connectivity index (χ2v) is 21.6. The summed E-state index contributed by atoms with van der Waals surface area (Å²) in [5, 5.41) is 4.01. The van der Waals surface area contributed by atoms with Crippen molar-refractivity contribution < 1.29 is 20.1 Å². The first-order valence-corrected chi connectivity index (χ1v) is 23.6. The molecule has 283 valence electrons. The van der Waals surface area contributed by atoms with E-state index in [1.807, 2.05) is 41.8 Å². The molecule has 0 unspecified atom stereocenters. The number of aromatic nitrogens is 2. The minimum absolute atomic E-state index is 0. The van der Waals surface area contributed by atoms with Gasteiger partial charge in [-0.25, -0.2) is 0 Å². The summed E-state index contributed by atoms with van der Waals surface area (Å²) in [4.78, 5) is 9.49. The summed E-state index contributed by atoms with van der Waals surface area (Å²) >= 11 is 1.82. The maximum atomic E-state index is 4.80. The van der Waals surface area contributed by atoms with Gasteiger partial charge >= 0.3 is 0 Å². The summed E-state index contributed by atoms with van der Waals surface area (Å²) in [5.74, 6) is 0.501. The standard InChI is InChI=1S/C29H18NS.C23H26NSi.Ir/c1-3-8-20(9-4-1)22-14-15-24-25-12-7-13-26(29(25)31-28(24)19-22)27-18-23(16-17-30-27)21-10-5-2-6-11-21;1-17(2)21-15-22(24-16-23(21)25(3,4)5)20-13-9-12-19(14-20)18-10-7-6-8-11-18;/h1-12,14-19H;6-12,14-17H,1-5H3;/q2*-1;. The second kappa shape index (κ2) is 17.5. The van der Waals surface area contributed by atoms with E-state index in [4.69, 9.17) is 9.97 Å². The Labute approximate surface area is 355 Å². The number of fused-ring (bicyclic) bond motifs is 3. The van der Waals surface area contributed by atoms with Crippen molar-refractivity contribution in [1.29, 1.82) is 0 Å². The van der Waals surface area contributed by atoms with Gasteiger partial charge in [0.15, 0.2) is 0 Å². The van der Waals surface area contributed by atoms with Crippen LogP contribution in [-0.2, 0) is 20.1 Å².